The highest BCUT2D eigenvalue weighted by Crippen LogP contribution is 2.40. The first-order valence-corrected chi connectivity index (χ1v) is 12.5. The van der Waals surface area contributed by atoms with Crippen molar-refractivity contribution in [3.8, 4) is 0 Å². The van der Waals surface area contributed by atoms with Gasteiger partial charge in [0.15, 0.2) is 0 Å². The standard InChI is InChI=1S/C19H22N4O8S2/c1-9(24)31-7-11-8-32-18-14(17(26)23(18)15(11)19(27)28)21-16(25)13(20)10-4-3-5-12(6-10)22-33(2,29)30/h3-6,13-14,18,22H,7-8,20H2,1-2H3,(H,21,25)(H,27,28)/t13-,14?,18-/m1/s1. The van der Waals surface area contributed by atoms with Gasteiger partial charge in [0.2, 0.25) is 15.9 Å². The number of nitrogens with two attached hydrogens (primary N) is 1. The van der Waals surface area contributed by atoms with Crippen molar-refractivity contribution >= 4 is 51.2 Å². The monoisotopic (exact) mass is 498 g/mol. The van der Waals surface area contributed by atoms with Gasteiger partial charge in [0.25, 0.3) is 5.91 Å². The first-order chi connectivity index (χ1) is 15.4. The largest absolute Gasteiger partial charge is 0.477 e. The molecule has 0 aromatic heterocycles. The molecule has 1 fully saturated rings. The van der Waals surface area contributed by atoms with E-state index in [1.165, 1.54) is 43.0 Å². The number of nitrogens with one attached hydrogen (secondary N) is 2. The fraction of sp³-hybridized carbons (Fsp3) is 0.368. The number of thioether (sulfide) groups is 1. The van der Waals surface area contributed by atoms with E-state index in [2.05, 4.69) is 10.0 Å². The number of amides is 2. The van der Waals surface area contributed by atoms with Gasteiger partial charge in [0.1, 0.15) is 29.8 Å². The third-order valence-electron chi connectivity index (χ3n) is 4.83. The van der Waals surface area contributed by atoms with Crippen molar-refractivity contribution in [2.45, 2.75) is 24.4 Å². The molecule has 0 radical (unpaired) electrons. The molecule has 0 aliphatic carbocycles. The van der Waals surface area contributed by atoms with Gasteiger partial charge in [-0.3, -0.25) is 24.0 Å². The number of nitrogens with zero attached hydrogens (tertiary/aromatic N) is 1. The van der Waals surface area contributed by atoms with Crippen molar-refractivity contribution in [3.05, 3.63) is 41.1 Å². The maximum atomic E-state index is 12.7. The zero-order valence-corrected chi connectivity index (χ0v) is 19.2. The van der Waals surface area contributed by atoms with Gasteiger partial charge in [-0.2, -0.15) is 0 Å². The quantitative estimate of drug-likeness (QED) is 0.265. The summed E-state index contributed by atoms with van der Waals surface area (Å²) in [7, 11) is -3.52. The van der Waals surface area contributed by atoms with E-state index >= 15 is 0 Å². The van der Waals surface area contributed by atoms with Crippen molar-refractivity contribution in [2.24, 2.45) is 5.73 Å². The van der Waals surface area contributed by atoms with Crippen molar-refractivity contribution < 1.29 is 37.4 Å². The maximum Gasteiger partial charge on any atom is 0.352 e. The fourth-order valence-corrected chi connectivity index (χ4v) is 5.27. The van der Waals surface area contributed by atoms with E-state index in [4.69, 9.17) is 10.5 Å². The molecule has 0 spiro atoms. The lowest BCUT2D eigenvalue weighted by atomic mass is 10.0. The molecule has 1 saturated heterocycles. The van der Waals surface area contributed by atoms with E-state index in [-0.39, 0.29) is 29.3 Å². The summed E-state index contributed by atoms with van der Waals surface area (Å²) in [4.78, 5) is 49.2. The Kier molecular flexibility index (Phi) is 7.00. The van der Waals surface area contributed by atoms with Crippen molar-refractivity contribution in [1.29, 1.82) is 0 Å². The summed E-state index contributed by atoms with van der Waals surface area (Å²) < 4.78 is 30.0. The summed E-state index contributed by atoms with van der Waals surface area (Å²) in [6.07, 6.45) is 0.986. The predicted molar refractivity (Wildman–Crippen MR) is 118 cm³/mol. The van der Waals surface area contributed by atoms with Crippen LogP contribution in [0.5, 0.6) is 0 Å². The Hall–Kier alpha value is -3.10. The van der Waals surface area contributed by atoms with Gasteiger partial charge >= 0.3 is 11.9 Å². The number of carboxylic acids is 1. The first kappa shape index (κ1) is 24.5. The van der Waals surface area contributed by atoms with Gasteiger partial charge in [0.05, 0.1) is 6.26 Å². The minimum Gasteiger partial charge on any atom is -0.477 e. The number of carboxylic acid groups (broad SMARTS) is 1. The number of sulfonamides is 1. The van der Waals surface area contributed by atoms with E-state index in [1.54, 1.807) is 0 Å². The molecule has 2 amide bonds. The zero-order valence-electron chi connectivity index (χ0n) is 17.6. The molecular weight excluding hydrogens is 476 g/mol. The van der Waals surface area contributed by atoms with Crippen LogP contribution in [0.4, 0.5) is 5.69 Å². The summed E-state index contributed by atoms with van der Waals surface area (Å²) in [6.45, 7) is 0.941. The minimum absolute atomic E-state index is 0.195. The van der Waals surface area contributed by atoms with E-state index in [0.29, 0.717) is 5.56 Å². The van der Waals surface area contributed by atoms with Crippen LogP contribution in [0, 0.1) is 0 Å². The second kappa shape index (κ2) is 9.41. The number of fused-ring (bicyclic) bond motifs is 1. The third-order valence-corrected chi connectivity index (χ3v) is 6.77. The van der Waals surface area contributed by atoms with Gasteiger partial charge in [-0.05, 0) is 17.7 Å². The third kappa shape index (κ3) is 5.46. The first-order valence-electron chi connectivity index (χ1n) is 9.56. The number of benzene rings is 1. The molecule has 3 rings (SSSR count). The molecule has 33 heavy (non-hydrogen) atoms. The Labute approximate surface area is 193 Å². The Morgan fingerprint density at radius 2 is 2.06 bits per heavy atom. The number of esters is 1. The number of carbonyl (C=O) groups excluding carboxylic acids is 3. The van der Waals surface area contributed by atoms with Crippen molar-refractivity contribution in [1.82, 2.24) is 10.2 Å². The van der Waals surface area contributed by atoms with Crippen molar-refractivity contribution in [2.75, 3.05) is 23.3 Å². The summed E-state index contributed by atoms with van der Waals surface area (Å²) in [5.41, 5.74) is 6.56. The highest BCUT2D eigenvalue weighted by molar-refractivity contribution is 8.00. The van der Waals surface area contributed by atoms with E-state index in [9.17, 15) is 32.7 Å². The lowest BCUT2D eigenvalue weighted by molar-refractivity contribution is -0.151. The minimum atomic E-state index is -3.52. The lowest BCUT2D eigenvalue weighted by Gasteiger charge is -2.49. The number of hydrogen-bond acceptors (Lipinski definition) is 9. The van der Waals surface area contributed by atoms with E-state index in [1.807, 2.05) is 0 Å². The predicted octanol–water partition coefficient (Wildman–Crippen LogP) is -0.640. The molecule has 1 aromatic carbocycles. The number of anilines is 1. The molecule has 178 valence electrons. The van der Waals surface area contributed by atoms with Crippen LogP contribution in [0.15, 0.2) is 35.5 Å². The molecule has 5 N–H and O–H groups in total. The fourth-order valence-electron chi connectivity index (χ4n) is 3.39. The molecule has 0 bridgehead atoms. The van der Waals surface area contributed by atoms with Crippen LogP contribution in [0.25, 0.3) is 0 Å². The molecule has 14 heteroatoms. The normalized spacial score (nSPS) is 20.9. The number of carbonyl (C=O) groups is 4. The summed E-state index contributed by atoms with van der Waals surface area (Å²) in [5, 5.41) is 11.5. The summed E-state index contributed by atoms with van der Waals surface area (Å²) in [6, 6.07) is 3.77. The average molecular weight is 499 g/mol. The van der Waals surface area contributed by atoms with Gasteiger partial charge in [0, 0.05) is 23.9 Å². The van der Waals surface area contributed by atoms with Gasteiger partial charge in [-0.25, -0.2) is 13.2 Å². The molecule has 2 aliphatic heterocycles. The molecule has 2 aliphatic rings. The SMILES string of the molecule is CC(=O)OCC1=C(C(=O)O)N2C(=O)C(NC(=O)[C@H](N)c3cccc(NS(C)(=O)=O)c3)[C@H]2SC1. The van der Waals surface area contributed by atoms with E-state index < -0.39 is 51.2 Å². The van der Waals surface area contributed by atoms with Crippen LogP contribution >= 0.6 is 11.8 Å². The topological polar surface area (TPSA) is 185 Å². The maximum absolute atomic E-state index is 12.7. The van der Waals surface area contributed by atoms with E-state index in [0.717, 1.165) is 11.2 Å². The summed E-state index contributed by atoms with van der Waals surface area (Å²) in [5.74, 6) is -3.03. The van der Waals surface area contributed by atoms with Crippen LogP contribution < -0.4 is 15.8 Å². The zero-order chi connectivity index (χ0) is 24.5. The number of ether oxygens (including phenoxy) is 1. The second-order valence-electron chi connectivity index (χ2n) is 7.41. The van der Waals surface area contributed by atoms with Gasteiger partial charge in [-0.15, -0.1) is 11.8 Å². The Balaban J connectivity index is 1.71. The highest BCUT2D eigenvalue weighted by Gasteiger charge is 2.54. The Morgan fingerprint density at radius 1 is 1.36 bits per heavy atom. The van der Waals surface area contributed by atoms with Crippen LogP contribution in [-0.2, 0) is 33.9 Å². The van der Waals surface area contributed by atoms with Crippen molar-refractivity contribution in [3.63, 3.8) is 0 Å². The van der Waals surface area contributed by atoms with Crippen LogP contribution in [0.1, 0.15) is 18.5 Å². The Morgan fingerprint density at radius 3 is 2.67 bits per heavy atom. The van der Waals surface area contributed by atoms with Gasteiger partial charge in [-0.1, -0.05) is 12.1 Å². The number of aliphatic carboxylic acids is 1. The van der Waals surface area contributed by atoms with Gasteiger partial charge < -0.3 is 20.9 Å². The molecule has 1 aromatic rings. The van der Waals surface area contributed by atoms with Crippen LogP contribution in [0.3, 0.4) is 0 Å². The number of hydrogen-bond donors (Lipinski definition) is 4. The lowest BCUT2D eigenvalue weighted by Crippen LogP contribution is -2.71. The molecule has 12 nitrogen and oxygen atoms in total. The second-order valence-corrected chi connectivity index (χ2v) is 10.3. The Bertz CT molecular complexity index is 1150. The smallest absolute Gasteiger partial charge is 0.352 e. The van der Waals surface area contributed by atoms with Crippen LogP contribution in [0.2, 0.25) is 0 Å². The number of rotatable bonds is 8. The molecular formula is C19H22N4O8S2. The molecule has 2 heterocycles. The molecule has 1 unspecified atom stereocenters. The summed E-state index contributed by atoms with van der Waals surface area (Å²) >= 11 is 1.22. The van der Waals surface area contributed by atoms with Crippen LogP contribution in [-0.4, -0.2) is 72.2 Å². The number of β-lactam (4-membered cyclic amide) rings is 1. The average Bonchev–Trinajstić information content (AvgIpc) is 2.73. The molecule has 3 atom stereocenters. The highest BCUT2D eigenvalue weighted by atomic mass is 32.2. The molecule has 0 saturated carbocycles.